The Morgan fingerprint density at radius 2 is 1.11 bits per heavy atom. The van der Waals surface area contributed by atoms with E-state index in [9.17, 15) is 0 Å². The Hall–Kier alpha value is -6.38. The summed E-state index contributed by atoms with van der Waals surface area (Å²) in [4.78, 5) is 10.3. The summed E-state index contributed by atoms with van der Waals surface area (Å²) < 4.78 is 0. The minimum Gasteiger partial charge on any atom is -0.248 e. The highest BCUT2D eigenvalue weighted by Crippen LogP contribution is 2.53. The van der Waals surface area contributed by atoms with E-state index >= 15 is 0 Å². The maximum Gasteiger partial charge on any atom is 0.0713 e. The molecule has 0 spiro atoms. The topological polar surface area (TPSA) is 24.7 Å². The van der Waals surface area contributed by atoms with Crippen LogP contribution in [0.2, 0.25) is 0 Å². The molecule has 2 heteroatoms. The number of hydrogen-bond acceptors (Lipinski definition) is 2. The molecular formula is C55H46N2. The molecule has 5 aromatic rings. The summed E-state index contributed by atoms with van der Waals surface area (Å²) in [7, 11) is 0. The van der Waals surface area contributed by atoms with Crippen molar-refractivity contribution in [3.63, 3.8) is 0 Å². The van der Waals surface area contributed by atoms with Gasteiger partial charge >= 0.3 is 0 Å². The van der Waals surface area contributed by atoms with Crippen molar-refractivity contribution in [3.8, 4) is 0 Å². The zero-order valence-corrected chi connectivity index (χ0v) is 33.1. The van der Waals surface area contributed by atoms with Crippen molar-refractivity contribution in [1.29, 1.82) is 0 Å². The molecule has 0 radical (unpaired) electrons. The van der Waals surface area contributed by atoms with E-state index in [0.29, 0.717) is 0 Å². The molecule has 2 aliphatic heterocycles. The third kappa shape index (κ3) is 5.86. The summed E-state index contributed by atoms with van der Waals surface area (Å²) in [6.07, 6.45) is 16.4. The van der Waals surface area contributed by atoms with E-state index in [-0.39, 0.29) is 16.7 Å². The van der Waals surface area contributed by atoms with Crippen molar-refractivity contribution in [2.75, 3.05) is 0 Å². The lowest BCUT2D eigenvalue weighted by Gasteiger charge is -2.39. The third-order valence-electron chi connectivity index (χ3n) is 12.7. The number of allylic oxidation sites excluding steroid dienone is 14. The van der Waals surface area contributed by atoms with Gasteiger partial charge in [0.2, 0.25) is 0 Å². The number of rotatable bonds is 6. The van der Waals surface area contributed by atoms with Crippen LogP contribution in [0.4, 0.5) is 0 Å². The van der Waals surface area contributed by atoms with E-state index in [0.717, 1.165) is 35.0 Å². The highest BCUT2D eigenvalue weighted by atomic mass is 14.8. The highest BCUT2D eigenvalue weighted by molar-refractivity contribution is 5.92. The summed E-state index contributed by atoms with van der Waals surface area (Å²) in [6.45, 7) is 9.53. The van der Waals surface area contributed by atoms with Gasteiger partial charge in [0.15, 0.2) is 0 Å². The molecule has 5 aromatic carbocycles. The summed E-state index contributed by atoms with van der Waals surface area (Å²) in [6, 6.07) is 50.0. The lowest BCUT2D eigenvalue weighted by Crippen LogP contribution is -2.32. The molecule has 2 heterocycles. The fourth-order valence-corrected chi connectivity index (χ4v) is 10.0. The fraction of sp³-hybridized carbons (Fsp3) is 0.164. The van der Waals surface area contributed by atoms with Crippen molar-refractivity contribution in [2.45, 2.75) is 46.5 Å². The molecule has 1 atom stereocenters. The Balaban J connectivity index is 1.13. The first-order valence-electron chi connectivity index (χ1n) is 20.3. The van der Waals surface area contributed by atoms with Crippen molar-refractivity contribution in [1.82, 2.24) is 0 Å². The quantitative estimate of drug-likeness (QED) is 0.166. The first kappa shape index (κ1) is 35.1. The van der Waals surface area contributed by atoms with Gasteiger partial charge in [0.05, 0.1) is 22.1 Å². The number of para-hydroxylation sites is 2. The second-order valence-electron chi connectivity index (χ2n) is 16.8. The lowest BCUT2D eigenvalue weighted by molar-refractivity contribution is 0.551. The van der Waals surface area contributed by atoms with Crippen LogP contribution in [0.25, 0.3) is 22.3 Å². The van der Waals surface area contributed by atoms with Gasteiger partial charge in [0, 0.05) is 27.2 Å². The largest absolute Gasteiger partial charge is 0.248 e. The second-order valence-corrected chi connectivity index (χ2v) is 16.8. The summed E-state index contributed by atoms with van der Waals surface area (Å²) >= 11 is 0. The van der Waals surface area contributed by atoms with Crippen LogP contribution in [0.1, 0.15) is 63.1 Å². The molecule has 0 N–H and O–H groups in total. The Kier molecular flexibility index (Phi) is 8.41. The Bertz CT molecular complexity index is 2960. The smallest absolute Gasteiger partial charge is 0.0713 e. The van der Waals surface area contributed by atoms with E-state index in [1.165, 1.54) is 71.7 Å². The van der Waals surface area contributed by atoms with Crippen molar-refractivity contribution in [2.24, 2.45) is 20.8 Å². The van der Waals surface area contributed by atoms with Crippen molar-refractivity contribution < 1.29 is 0 Å². The molecule has 57 heavy (non-hydrogen) atoms. The van der Waals surface area contributed by atoms with Gasteiger partial charge in [-0.3, -0.25) is 0 Å². The molecule has 0 saturated heterocycles. The third-order valence-corrected chi connectivity index (χ3v) is 12.7. The molecule has 2 nitrogen and oxygen atoms in total. The Labute approximate surface area is 335 Å². The van der Waals surface area contributed by atoms with Crippen LogP contribution in [0.15, 0.2) is 220 Å². The molecule has 3 aliphatic carbocycles. The van der Waals surface area contributed by atoms with Crippen molar-refractivity contribution in [3.05, 3.63) is 248 Å². The zero-order chi connectivity index (χ0) is 38.7. The molecule has 0 amide bonds. The SMILES string of the molecule is CC1(C)C(=CC=C2CCC(C=CC3=C(c4ccccc4)C=C4N=c5ccccc5=C4C3(C)C)=C2c2ccccc2)C(c2ccccc2)C=C2N=c3ccccc3=C21. The van der Waals surface area contributed by atoms with Gasteiger partial charge in [-0.1, -0.05) is 179 Å². The van der Waals surface area contributed by atoms with Gasteiger partial charge in [-0.2, -0.15) is 0 Å². The van der Waals surface area contributed by atoms with Gasteiger partial charge in [0.25, 0.3) is 0 Å². The number of hydrogen-bond donors (Lipinski definition) is 0. The minimum atomic E-state index is -0.259. The van der Waals surface area contributed by atoms with Gasteiger partial charge in [-0.25, -0.2) is 9.98 Å². The van der Waals surface area contributed by atoms with E-state index in [2.05, 4.69) is 204 Å². The van der Waals surface area contributed by atoms with E-state index in [1.54, 1.807) is 0 Å². The van der Waals surface area contributed by atoms with E-state index < -0.39 is 0 Å². The lowest BCUT2D eigenvalue weighted by atomic mass is 9.65. The van der Waals surface area contributed by atoms with Crippen LogP contribution in [-0.2, 0) is 0 Å². The van der Waals surface area contributed by atoms with E-state index in [1.807, 2.05) is 0 Å². The van der Waals surface area contributed by atoms with Crippen LogP contribution >= 0.6 is 0 Å². The maximum atomic E-state index is 5.15. The standard InChI is InChI=1S/C55H46N2/c1-54(2)45(43(36-18-8-5-9-19-36)34-49-52(54)41-24-14-16-26-47(41)56-49)32-30-39-28-29-40(51(39)38-22-12-7-13-23-38)31-33-46-44(37-20-10-6-11-21-37)35-50-53(55(46,3)4)42-25-15-17-27-48(42)57-50/h5-27,30-35,43H,28-29H2,1-4H3. The summed E-state index contributed by atoms with van der Waals surface area (Å²) in [5, 5.41) is 4.62. The molecule has 0 bridgehead atoms. The summed E-state index contributed by atoms with van der Waals surface area (Å²) in [5.41, 5.74) is 16.2. The Morgan fingerprint density at radius 1 is 0.544 bits per heavy atom. The zero-order valence-electron chi connectivity index (χ0n) is 33.1. The summed E-state index contributed by atoms with van der Waals surface area (Å²) in [5.74, 6) is 0.125. The molecule has 0 fully saturated rings. The first-order chi connectivity index (χ1) is 27.8. The maximum absolute atomic E-state index is 5.15. The molecule has 5 aliphatic rings. The first-order valence-corrected chi connectivity index (χ1v) is 20.3. The van der Waals surface area contributed by atoms with Gasteiger partial charge in [-0.15, -0.1) is 0 Å². The van der Waals surface area contributed by atoms with Crippen LogP contribution < -0.4 is 21.2 Å². The fourth-order valence-electron chi connectivity index (χ4n) is 10.0. The average Bonchev–Trinajstić information content (AvgIpc) is 3.94. The van der Waals surface area contributed by atoms with E-state index in [4.69, 9.17) is 9.98 Å². The number of fused-ring (bicyclic) bond motifs is 4. The average molecular weight is 735 g/mol. The van der Waals surface area contributed by atoms with Gasteiger partial charge in [0.1, 0.15) is 0 Å². The molecule has 0 saturated carbocycles. The predicted octanol–water partition coefficient (Wildman–Crippen LogP) is 10.7. The highest BCUT2D eigenvalue weighted by Gasteiger charge is 2.41. The molecule has 1 unspecified atom stereocenters. The molecule has 276 valence electrons. The number of benzene rings is 5. The minimum absolute atomic E-state index is 0.125. The monoisotopic (exact) mass is 734 g/mol. The second kappa shape index (κ2) is 13.7. The van der Waals surface area contributed by atoms with Crippen LogP contribution in [0.5, 0.6) is 0 Å². The molecule has 0 aromatic heterocycles. The van der Waals surface area contributed by atoms with Gasteiger partial charge in [-0.05, 0) is 98.4 Å². The van der Waals surface area contributed by atoms with Crippen LogP contribution in [0.3, 0.4) is 0 Å². The van der Waals surface area contributed by atoms with Crippen LogP contribution in [0, 0.1) is 10.8 Å². The Morgan fingerprint density at radius 3 is 1.77 bits per heavy atom. The number of nitrogens with zero attached hydrogens (tertiary/aromatic N) is 2. The molecular weight excluding hydrogens is 689 g/mol. The predicted molar refractivity (Wildman–Crippen MR) is 235 cm³/mol. The van der Waals surface area contributed by atoms with Crippen LogP contribution in [-0.4, -0.2) is 0 Å². The van der Waals surface area contributed by atoms with Crippen molar-refractivity contribution >= 4 is 22.3 Å². The molecule has 10 rings (SSSR count). The van der Waals surface area contributed by atoms with Gasteiger partial charge < -0.3 is 0 Å². The normalized spacial score (nSPS) is 21.6.